The molecular formula is C24H29N5O3S2. The fourth-order valence-electron chi connectivity index (χ4n) is 3.91. The molecule has 1 amide bonds. The maximum absolute atomic E-state index is 13.0. The summed E-state index contributed by atoms with van der Waals surface area (Å²) in [5, 5.41) is 11.7. The average Bonchev–Trinajstić information content (AvgIpc) is 3.27. The second-order valence-electron chi connectivity index (χ2n) is 8.16. The molecule has 1 aromatic heterocycles. The van der Waals surface area contributed by atoms with Crippen molar-refractivity contribution in [2.75, 3.05) is 18.4 Å². The van der Waals surface area contributed by atoms with Gasteiger partial charge in [-0.05, 0) is 44.9 Å². The molecule has 1 unspecified atom stereocenters. The zero-order valence-electron chi connectivity index (χ0n) is 19.3. The summed E-state index contributed by atoms with van der Waals surface area (Å²) >= 11 is 1.32. The van der Waals surface area contributed by atoms with Gasteiger partial charge in [-0.1, -0.05) is 54.6 Å². The van der Waals surface area contributed by atoms with Crippen LogP contribution < -0.4 is 5.32 Å². The second kappa shape index (κ2) is 10.7. The van der Waals surface area contributed by atoms with Crippen molar-refractivity contribution in [3.05, 3.63) is 54.6 Å². The summed E-state index contributed by atoms with van der Waals surface area (Å²) in [6, 6.07) is 16.3. The Morgan fingerprint density at radius 1 is 1.06 bits per heavy atom. The van der Waals surface area contributed by atoms with Crippen LogP contribution in [0.2, 0.25) is 0 Å². The third-order valence-corrected chi connectivity index (χ3v) is 8.75. The lowest BCUT2D eigenvalue weighted by molar-refractivity contribution is -0.115. The number of benzene rings is 2. The third kappa shape index (κ3) is 5.34. The van der Waals surface area contributed by atoms with E-state index in [1.54, 1.807) is 25.1 Å². The number of rotatable bonds is 8. The van der Waals surface area contributed by atoms with Crippen molar-refractivity contribution in [2.45, 2.75) is 55.0 Å². The van der Waals surface area contributed by atoms with E-state index < -0.39 is 15.3 Å². The van der Waals surface area contributed by atoms with Gasteiger partial charge in [-0.2, -0.15) is 4.31 Å². The van der Waals surface area contributed by atoms with Gasteiger partial charge < -0.3 is 9.88 Å². The number of anilines is 1. The van der Waals surface area contributed by atoms with E-state index in [0.717, 1.165) is 30.7 Å². The van der Waals surface area contributed by atoms with E-state index in [0.29, 0.717) is 30.5 Å². The highest BCUT2D eigenvalue weighted by Gasteiger charge is 2.26. The molecular weight excluding hydrogens is 470 g/mol. The van der Waals surface area contributed by atoms with Crippen LogP contribution in [0.4, 0.5) is 5.69 Å². The average molecular weight is 500 g/mol. The molecule has 4 rings (SSSR count). The number of carbonyl (C=O) groups excluding carboxylic acids is 1. The Morgan fingerprint density at radius 2 is 1.79 bits per heavy atom. The van der Waals surface area contributed by atoms with Crippen LogP contribution in [0.3, 0.4) is 0 Å². The Kier molecular flexibility index (Phi) is 7.70. The Labute approximate surface area is 204 Å². The van der Waals surface area contributed by atoms with Gasteiger partial charge in [-0.25, -0.2) is 8.42 Å². The first kappa shape index (κ1) is 24.4. The molecule has 0 spiro atoms. The largest absolute Gasteiger partial charge is 0.325 e. The second-order valence-corrected chi connectivity index (χ2v) is 11.4. The number of carbonyl (C=O) groups is 1. The number of amides is 1. The number of nitrogens with one attached hydrogen (secondary N) is 1. The number of aromatic nitrogens is 3. The molecule has 1 fully saturated rings. The van der Waals surface area contributed by atoms with Crippen molar-refractivity contribution < 1.29 is 13.2 Å². The normalized spacial score (nSPS) is 15.7. The molecule has 0 radical (unpaired) electrons. The van der Waals surface area contributed by atoms with Gasteiger partial charge in [0.1, 0.15) is 0 Å². The van der Waals surface area contributed by atoms with Crippen LogP contribution in [0.1, 0.15) is 33.1 Å². The highest BCUT2D eigenvalue weighted by molar-refractivity contribution is 8.00. The highest BCUT2D eigenvalue weighted by atomic mass is 32.2. The van der Waals surface area contributed by atoms with Crippen LogP contribution in [-0.2, 0) is 21.4 Å². The van der Waals surface area contributed by atoms with Crippen molar-refractivity contribution in [2.24, 2.45) is 0 Å². The molecule has 2 aromatic carbocycles. The standard InChI is InChI=1S/C24H29N5O3S2/c1-3-29-22(19-11-6-4-7-12-19)26-27-24(29)33-18(2)23(30)25-20-13-10-14-21(17-20)34(31,32)28-15-8-5-9-16-28/h4,6-7,10-14,17-18H,3,5,8-9,15-16H2,1-2H3,(H,25,30). The van der Waals surface area contributed by atoms with Gasteiger partial charge in [0.05, 0.1) is 10.1 Å². The van der Waals surface area contributed by atoms with Gasteiger partial charge in [0.25, 0.3) is 0 Å². The van der Waals surface area contributed by atoms with Crippen LogP contribution in [0.5, 0.6) is 0 Å². The smallest absolute Gasteiger partial charge is 0.243 e. The van der Waals surface area contributed by atoms with E-state index in [1.807, 2.05) is 41.8 Å². The van der Waals surface area contributed by atoms with Crippen molar-refractivity contribution in [1.82, 2.24) is 19.1 Å². The fourth-order valence-corrected chi connectivity index (χ4v) is 6.38. The van der Waals surface area contributed by atoms with Crippen LogP contribution in [0.15, 0.2) is 64.6 Å². The van der Waals surface area contributed by atoms with Crippen LogP contribution in [0, 0.1) is 0 Å². The van der Waals surface area contributed by atoms with E-state index in [9.17, 15) is 13.2 Å². The van der Waals surface area contributed by atoms with Gasteiger partial charge in [-0.15, -0.1) is 10.2 Å². The molecule has 0 bridgehead atoms. The topological polar surface area (TPSA) is 97.2 Å². The first-order valence-corrected chi connectivity index (χ1v) is 13.8. The molecule has 3 aromatic rings. The third-order valence-electron chi connectivity index (χ3n) is 5.77. The van der Waals surface area contributed by atoms with E-state index in [2.05, 4.69) is 15.5 Å². The summed E-state index contributed by atoms with van der Waals surface area (Å²) in [6.07, 6.45) is 2.80. The highest BCUT2D eigenvalue weighted by Crippen LogP contribution is 2.28. The van der Waals surface area contributed by atoms with E-state index >= 15 is 0 Å². The van der Waals surface area contributed by atoms with Crippen molar-refractivity contribution in [3.8, 4) is 11.4 Å². The molecule has 34 heavy (non-hydrogen) atoms. The first-order valence-electron chi connectivity index (χ1n) is 11.5. The van der Waals surface area contributed by atoms with Gasteiger partial charge in [0.15, 0.2) is 11.0 Å². The lowest BCUT2D eigenvalue weighted by Crippen LogP contribution is -2.35. The zero-order valence-corrected chi connectivity index (χ0v) is 21.0. The minimum absolute atomic E-state index is 0.200. The summed E-state index contributed by atoms with van der Waals surface area (Å²) in [5.74, 6) is 0.526. The molecule has 1 saturated heterocycles. The maximum atomic E-state index is 13.0. The number of piperidine rings is 1. The maximum Gasteiger partial charge on any atom is 0.243 e. The summed E-state index contributed by atoms with van der Waals surface area (Å²) in [5.41, 5.74) is 1.42. The fraction of sp³-hybridized carbons (Fsp3) is 0.375. The van der Waals surface area contributed by atoms with E-state index in [-0.39, 0.29) is 10.8 Å². The van der Waals surface area contributed by atoms with Gasteiger partial charge in [-0.3, -0.25) is 4.79 Å². The lowest BCUT2D eigenvalue weighted by atomic mass is 10.2. The molecule has 1 aliphatic rings. The SMILES string of the molecule is CCn1c(SC(C)C(=O)Nc2cccc(S(=O)(=O)N3CCCCC3)c2)nnc1-c1ccccc1. The monoisotopic (exact) mass is 499 g/mol. The zero-order chi connectivity index (χ0) is 24.1. The number of nitrogens with zero attached hydrogens (tertiary/aromatic N) is 4. The van der Waals surface area contributed by atoms with Gasteiger partial charge >= 0.3 is 0 Å². The predicted octanol–water partition coefficient (Wildman–Crippen LogP) is 4.26. The molecule has 0 aliphatic carbocycles. The van der Waals surface area contributed by atoms with Crippen molar-refractivity contribution in [1.29, 1.82) is 0 Å². The minimum Gasteiger partial charge on any atom is -0.325 e. The van der Waals surface area contributed by atoms with Crippen LogP contribution >= 0.6 is 11.8 Å². The molecule has 1 atom stereocenters. The predicted molar refractivity (Wildman–Crippen MR) is 134 cm³/mol. The number of thioether (sulfide) groups is 1. The molecule has 1 aliphatic heterocycles. The molecule has 8 nitrogen and oxygen atoms in total. The summed E-state index contributed by atoms with van der Waals surface area (Å²) in [4.78, 5) is 13.1. The molecule has 180 valence electrons. The number of sulfonamides is 1. The van der Waals surface area contributed by atoms with Crippen molar-refractivity contribution >= 4 is 33.4 Å². The van der Waals surface area contributed by atoms with Gasteiger partial charge in [0.2, 0.25) is 15.9 Å². The van der Waals surface area contributed by atoms with E-state index in [4.69, 9.17) is 0 Å². The van der Waals surface area contributed by atoms with Crippen LogP contribution in [0.25, 0.3) is 11.4 Å². The number of hydrogen-bond donors (Lipinski definition) is 1. The molecule has 1 N–H and O–H groups in total. The first-order chi connectivity index (χ1) is 16.4. The summed E-state index contributed by atoms with van der Waals surface area (Å²) in [6.45, 7) is 5.56. The quantitative estimate of drug-likeness (QED) is 0.465. The summed E-state index contributed by atoms with van der Waals surface area (Å²) < 4.78 is 29.5. The number of hydrogen-bond acceptors (Lipinski definition) is 6. The minimum atomic E-state index is -3.57. The van der Waals surface area contributed by atoms with Crippen molar-refractivity contribution in [3.63, 3.8) is 0 Å². The molecule has 0 saturated carbocycles. The Morgan fingerprint density at radius 3 is 2.50 bits per heavy atom. The Balaban J connectivity index is 1.46. The Bertz CT molecular complexity index is 1240. The lowest BCUT2D eigenvalue weighted by Gasteiger charge is -2.26. The molecule has 10 heteroatoms. The van der Waals surface area contributed by atoms with Crippen LogP contribution in [-0.4, -0.2) is 51.7 Å². The summed E-state index contributed by atoms with van der Waals surface area (Å²) in [7, 11) is -3.57. The van der Waals surface area contributed by atoms with Gasteiger partial charge in [0, 0.05) is 30.9 Å². The van der Waals surface area contributed by atoms with E-state index in [1.165, 1.54) is 22.1 Å². The molecule has 2 heterocycles. The Hall–Kier alpha value is -2.69.